The molecule has 3 rings (SSSR count). The van der Waals surface area contributed by atoms with Crippen molar-refractivity contribution >= 4 is 10.2 Å². The van der Waals surface area contributed by atoms with Crippen molar-refractivity contribution in [2.45, 2.75) is 45.7 Å². The van der Waals surface area contributed by atoms with Crippen LogP contribution < -0.4 is 0 Å². The molecule has 0 spiro atoms. The number of nitrogens with zero attached hydrogens (tertiary/aromatic N) is 6. The molecule has 3 heterocycles. The van der Waals surface area contributed by atoms with Gasteiger partial charge >= 0.3 is 0 Å². The molecule has 26 heavy (non-hydrogen) atoms. The third kappa shape index (κ3) is 3.51. The summed E-state index contributed by atoms with van der Waals surface area (Å²) in [5.41, 5.74) is 2.51. The lowest BCUT2D eigenvalue weighted by Crippen LogP contribution is -2.45. The smallest absolute Gasteiger partial charge is 0.264 e. The van der Waals surface area contributed by atoms with Gasteiger partial charge in [0.1, 0.15) is 5.82 Å². The summed E-state index contributed by atoms with van der Waals surface area (Å²) in [6.45, 7) is 5.17. The fourth-order valence-electron chi connectivity index (χ4n) is 3.32. The Labute approximate surface area is 155 Å². The second-order valence-corrected chi connectivity index (χ2v) is 8.79. The molecule has 1 saturated heterocycles. The lowest BCUT2D eigenvalue weighted by atomic mass is 10.0. The highest BCUT2D eigenvalue weighted by atomic mass is 32.2. The van der Waals surface area contributed by atoms with Crippen LogP contribution in [0.1, 0.15) is 43.7 Å². The van der Waals surface area contributed by atoms with Crippen LogP contribution in [-0.4, -0.2) is 57.4 Å². The van der Waals surface area contributed by atoms with Crippen molar-refractivity contribution in [1.82, 2.24) is 28.4 Å². The van der Waals surface area contributed by atoms with Crippen LogP contribution in [0.15, 0.2) is 18.3 Å². The molecular weight excluding hydrogens is 352 g/mol. The Kier molecular flexibility index (Phi) is 5.40. The largest absolute Gasteiger partial charge is 0.282 e. The molecular formula is C17H26N6O2S. The van der Waals surface area contributed by atoms with E-state index in [0.29, 0.717) is 12.4 Å². The quantitative estimate of drug-likeness (QED) is 0.794. The number of rotatable bonds is 5. The summed E-state index contributed by atoms with van der Waals surface area (Å²) in [6, 6.07) is 3.50. The number of aromatic nitrogens is 4. The average molecular weight is 379 g/mol. The Balaban J connectivity index is 2.05. The Hall–Kier alpha value is -1.84. The lowest BCUT2D eigenvalue weighted by molar-refractivity contribution is 0.234. The molecule has 2 aromatic rings. The van der Waals surface area contributed by atoms with E-state index in [2.05, 4.69) is 10.1 Å². The maximum absolute atomic E-state index is 12.8. The van der Waals surface area contributed by atoms with E-state index < -0.39 is 10.2 Å². The minimum Gasteiger partial charge on any atom is -0.264 e. The highest BCUT2D eigenvalue weighted by Crippen LogP contribution is 2.33. The van der Waals surface area contributed by atoms with Crippen LogP contribution in [0.4, 0.5) is 0 Å². The van der Waals surface area contributed by atoms with Gasteiger partial charge in [0.2, 0.25) is 0 Å². The van der Waals surface area contributed by atoms with Crippen molar-refractivity contribution in [3.05, 3.63) is 29.8 Å². The Morgan fingerprint density at radius 1 is 1.27 bits per heavy atom. The van der Waals surface area contributed by atoms with Crippen molar-refractivity contribution < 1.29 is 8.42 Å². The third-order valence-electron chi connectivity index (χ3n) is 4.66. The number of aryl methyl sites for hydroxylation is 2. The van der Waals surface area contributed by atoms with Gasteiger partial charge in [-0.1, -0.05) is 6.42 Å². The summed E-state index contributed by atoms with van der Waals surface area (Å²) >= 11 is 0. The first-order valence-electron chi connectivity index (χ1n) is 8.91. The van der Waals surface area contributed by atoms with Gasteiger partial charge in [0.15, 0.2) is 0 Å². The van der Waals surface area contributed by atoms with Crippen LogP contribution in [0.5, 0.6) is 0 Å². The molecule has 9 heteroatoms. The first-order valence-corrected chi connectivity index (χ1v) is 10.3. The predicted octanol–water partition coefficient (Wildman–Crippen LogP) is 2.00. The van der Waals surface area contributed by atoms with Crippen LogP contribution in [-0.2, 0) is 16.8 Å². The SMILES string of the molecule is CCn1nccc1-c1cc(C)nc(C2CCCCN2S(=O)(=O)N(C)C)n1. The molecule has 1 fully saturated rings. The third-order valence-corrected chi connectivity index (χ3v) is 6.61. The molecule has 142 valence electrons. The standard InChI is InChI=1S/C17H26N6O2S/c1-5-22-15(9-10-18-22)14-12-13(2)19-17(20-14)16-8-6-7-11-23(16)26(24,25)21(3)4/h9-10,12,16H,5-8,11H2,1-4H3. The van der Waals surface area contributed by atoms with Crippen molar-refractivity contribution in [2.24, 2.45) is 0 Å². The van der Waals surface area contributed by atoms with E-state index in [9.17, 15) is 8.42 Å². The summed E-state index contributed by atoms with van der Waals surface area (Å²) in [5.74, 6) is 0.564. The summed E-state index contributed by atoms with van der Waals surface area (Å²) in [7, 11) is -0.403. The number of hydrogen-bond donors (Lipinski definition) is 0. The molecule has 0 aliphatic carbocycles. The average Bonchev–Trinajstić information content (AvgIpc) is 3.10. The summed E-state index contributed by atoms with van der Waals surface area (Å²) in [6.07, 6.45) is 4.29. The summed E-state index contributed by atoms with van der Waals surface area (Å²) in [5, 5.41) is 4.30. The van der Waals surface area contributed by atoms with Crippen LogP contribution >= 0.6 is 0 Å². The van der Waals surface area contributed by atoms with Gasteiger partial charge in [-0.25, -0.2) is 9.97 Å². The zero-order chi connectivity index (χ0) is 18.9. The van der Waals surface area contributed by atoms with Gasteiger partial charge in [-0.2, -0.15) is 22.1 Å². The number of hydrogen-bond acceptors (Lipinski definition) is 5. The van der Waals surface area contributed by atoms with E-state index >= 15 is 0 Å². The van der Waals surface area contributed by atoms with Gasteiger partial charge in [-0.05, 0) is 38.8 Å². The maximum atomic E-state index is 12.8. The molecule has 1 unspecified atom stereocenters. The van der Waals surface area contributed by atoms with E-state index in [0.717, 1.165) is 42.9 Å². The van der Waals surface area contributed by atoms with Crippen molar-refractivity contribution in [1.29, 1.82) is 0 Å². The molecule has 1 aliphatic rings. The first-order chi connectivity index (χ1) is 12.3. The molecule has 8 nitrogen and oxygen atoms in total. The van der Waals surface area contributed by atoms with Gasteiger partial charge in [0.25, 0.3) is 10.2 Å². The monoisotopic (exact) mass is 378 g/mol. The van der Waals surface area contributed by atoms with E-state index in [-0.39, 0.29) is 6.04 Å². The second-order valence-electron chi connectivity index (χ2n) is 6.70. The number of piperidine rings is 1. The van der Waals surface area contributed by atoms with Gasteiger partial charge < -0.3 is 0 Å². The minimum absolute atomic E-state index is 0.340. The Morgan fingerprint density at radius 3 is 2.73 bits per heavy atom. The van der Waals surface area contributed by atoms with Gasteiger partial charge in [-0.15, -0.1) is 0 Å². The van der Waals surface area contributed by atoms with Crippen molar-refractivity contribution in [2.75, 3.05) is 20.6 Å². The molecule has 0 bridgehead atoms. The van der Waals surface area contributed by atoms with Crippen LogP contribution in [0.25, 0.3) is 11.4 Å². The summed E-state index contributed by atoms with van der Waals surface area (Å²) in [4.78, 5) is 9.32. The molecule has 1 aliphatic heterocycles. The molecule has 0 N–H and O–H groups in total. The van der Waals surface area contributed by atoms with E-state index in [1.165, 1.54) is 8.61 Å². The Bertz CT molecular complexity index is 877. The second kappa shape index (κ2) is 7.42. The van der Waals surface area contributed by atoms with Crippen molar-refractivity contribution in [3.8, 4) is 11.4 Å². The zero-order valence-electron chi connectivity index (χ0n) is 15.8. The summed E-state index contributed by atoms with van der Waals surface area (Å²) < 4.78 is 30.2. The van der Waals surface area contributed by atoms with E-state index in [4.69, 9.17) is 4.98 Å². The van der Waals surface area contributed by atoms with Crippen LogP contribution in [0.3, 0.4) is 0 Å². The van der Waals surface area contributed by atoms with Gasteiger partial charge in [0, 0.05) is 39.1 Å². The van der Waals surface area contributed by atoms with Gasteiger partial charge in [-0.3, -0.25) is 4.68 Å². The molecule has 0 radical (unpaired) electrons. The fraction of sp³-hybridized carbons (Fsp3) is 0.588. The van der Waals surface area contributed by atoms with E-state index in [1.807, 2.05) is 30.7 Å². The fourth-order valence-corrected chi connectivity index (χ4v) is 4.62. The van der Waals surface area contributed by atoms with Crippen molar-refractivity contribution in [3.63, 3.8) is 0 Å². The van der Waals surface area contributed by atoms with Crippen LogP contribution in [0.2, 0.25) is 0 Å². The molecule has 0 amide bonds. The highest BCUT2D eigenvalue weighted by molar-refractivity contribution is 7.86. The highest BCUT2D eigenvalue weighted by Gasteiger charge is 2.36. The maximum Gasteiger partial charge on any atom is 0.282 e. The zero-order valence-corrected chi connectivity index (χ0v) is 16.6. The molecule has 2 aromatic heterocycles. The molecule has 0 aromatic carbocycles. The lowest BCUT2D eigenvalue weighted by Gasteiger charge is -2.35. The first kappa shape index (κ1) is 18.9. The predicted molar refractivity (Wildman–Crippen MR) is 99.6 cm³/mol. The van der Waals surface area contributed by atoms with E-state index in [1.54, 1.807) is 20.3 Å². The molecule has 0 saturated carbocycles. The normalized spacial score (nSPS) is 19.2. The van der Waals surface area contributed by atoms with Gasteiger partial charge in [0.05, 0.1) is 17.4 Å². The topological polar surface area (TPSA) is 84.2 Å². The molecule has 1 atom stereocenters. The Morgan fingerprint density at radius 2 is 2.04 bits per heavy atom. The van der Waals surface area contributed by atoms with Crippen LogP contribution in [0, 0.1) is 6.92 Å². The minimum atomic E-state index is -3.52.